The van der Waals surface area contributed by atoms with Crippen molar-refractivity contribution in [2.75, 3.05) is 6.61 Å². The minimum absolute atomic E-state index is 0.173. The molecule has 1 aromatic carbocycles. The Bertz CT molecular complexity index is 634. The number of hydrogen-bond acceptors (Lipinski definition) is 5. The number of aromatic nitrogens is 3. The summed E-state index contributed by atoms with van der Waals surface area (Å²) in [5.41, 5.74) is 1.53. The minimum Gasteiger partial charge on any atom is -0.481 e. The van der Waals surface area contributed by atoms with Gasteiger partial charge >= 0.3 is 11.9 Å². The highest BCUT2D eigenvalue weighted by molar-refractivity contribution is 5.89. The van der Waals surface area contributed by atoms with Crippen LogP contribution in [0.2, 0.25) is 0 Å². The van der Waals surface area contributed by atoms with E-state index in [0.717, 1.165) is 6.42 Å². The van der Waals surface area contributed by atoms with Gasteiger partial charge in [0.25, 0.3) is 0 Å². The monoisotopic (exact) mass is 289 g/mol. The van der Waals surface area contributed by atoms with Gasteiger partial charge in [-0.3, -0.25) is 4.79 Å². The Balaban J connectivity index is 2.17. The molecule has 0 aliphatic rings. The highest BCUT2D eigenvalue weighted by Crippen LogP contribution is 2.12. The largest absolute Gasteiger partial charge is 0.481 e. The van der Waals surface area contributed by atoms with Crippen molar-refractivity contribution in [2.24, 2.45) is 0 Å². The highest BCUT2D eigenvalue weighted by Gasteiger charge is 2.11. The van der Waals surface area contributed by atoms with Gasteiger partial charge in [-0.15, -0.1) is 5.10 Å². The third kappa shape index (κ3) is 3.65. The first-order chi connectivity index (χ1) is 10.1. The number of carboxylic acid groups (broad SMARTS) is 1. The molecule has 0 aliphatic heterocycles. The maximum Gasteiger partial charge on any atom is 0.338 e. The zero-order valence-electron chi connectivity index (χ0n) is 11.5. The van der Waals surface area contributed by atoms with Crippen LogP contribution >= 0.6 is 0 Å². The van der Waals surface area contributed by atoms with Gasteiger partial charge < -0.3 is 9.84 Å². The van der Waals surface area contributed by atoms with Gasteiger partial charge in [0.2, 0.25) is 0 Å². The summed E-state index contributed by atoms with van der Waals surface area (Å²) in [6.45, 7) is 2.30. The summed E-state index contributed by atoms with van der Waals surface area (Å²) < 4.78 is 6.46. The maximum absolute atomic E-state index is 11.7. The summed E-state index contributed by atoms with van der Waals surface area (Å²) in [5, 5.41) is 16.4. The summed E-state index contributed by atoms with van der Waals surface area (Å²) in [4.78, 5) is 22.4. The zero-order valence-corrected chi connectivity index (χ0v) is 11.5. The summed E-state index contributed by atoms with van der Waals surface area (Å²) in [5.74, 6) is -1.34. The predicted octanol–water partition coefficient (Wildman–Crippen LogP) is 1.46. The number of aliphatic carboxylic acids is 1. The molecular weight excluding hydrogens is 274 g/mol. The standard InChI is InChI=1S/C14H15N3O4/c1-2-7-21-14(20)10-3-5-11(6-4-10)17-12(8-13(18)19)9-15-16-17/h3-6,9H,2,7-8H2,1H3,(H,18,19). The Kier molecular flexibility index (Phi) is 4.65. The second-order valence-corrected chi connectivity index (χ2v) is 4.39. The van der Waals surface area contributed by atoms with E-state index in [4.69, 9.17) is 9.84 Å². The molecular formula is C14H15N3O4. The average molecular weight is 289 g/mol. The van der Waals surface area contributed by atoms with Crippen LogP contribution in [0.25, 0.3) is 5.69 Å². The number of esters is 1. The van der Waals surface area contributed by atoms with Crippen molar-refractivity contribution >= 4 is 11.9 Å². The number of benzene rings is 1. The van der Waals surface area contributed by atoms with Crippen molar-refractivity contribution in [2.45, 2.75) is 19.8 Å². The molecule has 2 aromatic rings. The van der Waals surface area contributed by atoms with Crippen LogP contribution in [-0.4, -0.2) is 38.6 Å². The molecule has 1 heterocycles. The molecule has 0 saturated heterocycles. The quantitative estimate of drug-likeness (QED) is 0.809. The first-order valence-corrected chi connectivity index (χ1v) is 6.50. The van der Waals surface area contributed by atoms with Crippen molar-refractivity contribution in [3.05, 3.63) is 41.7 Å². The van der Waals surface area contributed by atoms with Crippen molar-refractivity contribution in [3.63, 3.8) is 0 Å². The Labute approximate surface area is 121 Å². The fourth-order valence-electron chi connectivity index (χ4n) is 1.77. The van der Waals surface area contributed by atoms with Crippen molar-refractivity contribution < 1.29 is 19.4 Å². The zero-order chi connectivity index (χ0) is 15.2. The van der Waals surface area contributed by atoms with Crippen LogP contribution in [0, 0.1) is 0 Å². The van der Waals surface area contributed by atoms with Gasteiger partial charge in [0.1, 0.15) is 0 Å². The van der Waals surface area contributed by atoms with Gasteiger partial charge in [0.15, 0.2) is 0 Å². The summed E-state index contributed by atoms with van der Waals surface area (Å²) in [7, 11) is 0. The van der Waals surface area contributed by atoms with Gasteiger partial charge in [-0.05, 0) is 30.7 Å². The molecule has 21 heavy (non-hydrogen) atoms. The topological polar surface area (TPSA) is 94.3 Å². The highest BCUT2D eigenvalue weighted by atomic mass is 16.5. The predicted molar refractivity (Wildman–Crippen MR) is 73.3 cm³/mol. The number of carbonyl (C=O) groups is 2. The number of carbonyl (C=O) groups excluding carboxylic acids is 1. The molecule has 0 saturated carbocycles. The molecule has 2 rings (SSSR count). The molecule has 0 amide bonds. The van der Waals surface area contributed by atoms with Gasteiger partial charge in [-0.1, -0.05) is 12.1 Å². The molecule has 0 atom stereocenters. The van der Waals surface area contributed by atoms with Gasteiger partial charge in [0.05, 0.1) is 36.2 Å². The van der Waals surface area contributed by atoms with Crippen molar-refractivity contribution in [1.29, 1.82) is 0 Å². The van der Waals surface area contributed by atoms with Gasteiger partial charge in [-0.25, -0.2) is 9.48 Å². The molecule has 7 heteroatoms. The lowest BCUT2D eigenvalue weighted by molar-refractivity contribution is -0.136. The van der Waals surface area contributed by atoms with E-state index in [1.54, 1.807) is 24.3 Å². The van der Waals surface area contributed by atoms with E-state index in [0.29, 0.717) is 23.6 Å². The van der Waals surface area contributed by atoms with Crippen molar-refractivity contribution in [3.8, 4) is 5.69 Å². The third-order valence-electron chi connectivity index (χ3n) is 2.74. The number of nitrogens with zero attached hydrogens (tertiary/aromatic N) is 3. The maximum atomic E-state index is 11.7. The smallest absolute Gasteiger partial charge is 0.338 e. The van der Waals surface area contributed by atoms with Crippen LogP contribution in [-0.2, 0) is 16.0 Å². The van der Waals surface area contributed by atoms with E-state index in [-0.39, 0.29) is 12.4 Å². The molecule has 0 spiro atoms. The molecule has 7 nitrogen and oxygen atoms in total. The Morgan fingerprint density at radius 3 is 2.62 bits per heavy atom. The first kappa shape index (κ1) is 14.7. The van der Waals surface area contributed by atoms with E-state index in [2.05, 4.69) is 10.3 Å². The number of carboxylic acids is 1. The second-order valence-electron chi connectivity index (χ2n) is 4.39. The van der Waals surface area contributed by atoms with E-state index < -0.39 is 5.97 Å². The van der Waals surface area contributed by atoms with Crippen LogP contribution in [0.15, 0.2) is 30.5 Å². The fourth-order valence-corrected chi connectivity index (χ4v) is 1.77. The summed E-state index contributed by atoms with van der Waals surface area (Å²) in [6, 6.07) is 6.56. The van der Waals surface area contributed by atoms with Crippen LogP contribution in [0.3, 0.4) is 0 Å². The van der Waals surface area contributed by atoms with E-state index in [1.165, 1.54) is 10.9 Å². The van der Waals surface area contributed by atoms with Crippen LogP contribution in [0.1, 0.15) is 29.4 Å². The lowest BCUT2D eigenvalue weighted by Gasteiger charge is -2.06. The fraction of sp³-hybridized carbons (Fsp3) is 0.286. The van der Waals surface area contributed by atoms with Crippen LogP contribution in [0.4, 0.5) is 0 Å². The SMILES string of the molecule is CCCOC(=O)c1ccc(-n2nncc2CC(=O)O)cc1. The van der Waals surface area contributed by atoms with Gasteiger partial charge in [0, 0.05) is 0 Å². The molecule has 0 fully saturated rings. The summed E-state index contributed by atoms with van der Waals surface area (Å²) in [6.07, 6.45) is 1.99. The molecule has 110 valence electrons. The normalized spacial score (nSPS) is 10.3. The van der Waals surface area contributed by atoms with Crippen LogP contribution < -0.4 is 0 Å². The molecule has 0 aliphatic carbocycles. The van der Waals surface area contributed by atoms with E-state index in [1.807, 2.05) is 6.92 Å². The first-order valence-electron chi connectivity index (χ1n) is 6.50. The number of rotatable bonds is 6. The lowest BCUT2D eigenvalue weighted by Crippen LogP contribution is -2.09. The molecule has 0 bridgehead atoms. The van der Waals surface area contributed by atoms with Crippen LogP contribution in [0.5, 0.6) is 0 Å². The lowest BCUT2D eigenvalue weighted by atomic mass is 10.2. The summed E-state index contributed by atoms with van der Waals surface area (Å²) >= 11 is 0. The molecule has 1 aromatic heterocycles. The Morgan fingerprint density at radius 2 is 2.00 bits per heavy atom. The molecule has 1 N–H and O–H groups in total. The van der Waals surface area contributed by atoms with Gasteiger partial charge in [-0.2, -0.15) is 0 Å². The second kappa shape index (κ2) is 6.65. The van der Waals surface area contributed by atoms with E-state index in [9.17, 15) is 9.59 Å². The number of hydrogen-bond donors (Lipinski definition) is 1. The minimum atomic E-state index is -0.960. The molecule has 0 unspecified atom stereocenters. The Hall–Kier alpha value is -2.70. The van der Waals surface area contributed by atoms with E-state index >= 15 is 0 Å². The molecule has 0 radical (unpaired) electrons. The average Bonchev–Trinajstić information content (AvgIpc) is 2.92. The third-order valence-corrected chi connectivity index (χ3v) is 2.74. The number of ether oxygens (including phenoxy) is 1. The Morgan fingerprint density at radius 1 is 1.29 bits per heavy atom. The van der Waals surface area contributed by atoms with Crippen molar-refractivity contribution in [1.82, 2.24) is 15.0 Å².